The molecule has 23 heavy (non-hydrogen) atoms. The molecule has 1 N–H and O–H groups in total. The number of nitrogens with zero attached hydrogens (tertiary/aromatic N) is 4. The van der Waals surface area contributed by atoms with Crippen LogP contribution < -0.4 is 5.32 Å². The van der Waals surface area contributed by atoms with Gasteiger partial charge in [0.2, 0.25) is 0 Å². The molecule has 0 bridgehead atoms. The van der Waals surface area contributed by atoms with Crippen LogP contribution in [0.5, 0.6) is 0 Å². The lowest BCUT2D eigenvalue weighted by molar-refractivity contribution is 0.277. The van der Waals surface area contributed by atoms with Gasteiger partial charge in [-0.05, 0) is 50.1 Å². The molecule has 1 aliphatic heterocycles. The Labute approximate surface area is 142 Å². The van der Waals surface area contributed by atoms with E-state index in [2.05, 4.69) is 63.3 Å². The largest absolute Gasteiger partial charge is 0.357 e. The first-order valence-corrected chi connectivity index (χ1v) is 8.22. The maximum Gasteiger partial charge on any atom is 0.170 e. The molecule has 0 spiro atoms. The van der Waals surface area contributed by atoms with Crippen LogP contribution >= 0.6 is 12.2 Å². The first kappa shape index (κ1) is 16.0. The van der Waals surface area contributed by atoms with Crippen molar-refractivity contribution >= 4 is 17.3 Å². The normalized spacial score (nSPS) is 21.0. The lowest BCUT2D eigenvalue weighted by Crippen LogP contribution is -2.35. The fourth-order valence-electron chi connectivity index (χ4n) is 3.02. The molecule has 2 atom stereocenters. The van der Waals surface area contributed by atoms with Crippen LogP contribution in [0.3, 0.4) is 0 Å². The molecule has 3 heterocycles. The first-order valence-electron chi connectivity index (χ1n) is 7.81. The Kier molecular flexibility index (Phi) is 4.63. The standard InChI is InChI=1S/C17H23N5S/c1-20(2)10-11-22-16(13-7-9-21(3)12-13)15(19-17(22)23)14-6-4-5-8-18-14/h4-9,12,15-16H,10-11H2,1-3H3,(H,19,23)/t15-,16+/m1/s1. The van der Waals surface area contributed by atoms with E-state index in [1.807, 2.05) is 25.4 Å². The van der Waals surface area contributed by atoms with Crippen molar-refractivity contribution in [1.29, 1.82) is 0 Å². The van der Waals surface area contributed by atoms with Gasteiger partial charge in [-0.3, -0.25) is 4.98 Å². The summed E-state index contributed by atoms with van der Waals surface area (Å²) in [6.45, 7) is 1.85. The molecule has 2 aromatic heterocycles. The van der Waals surface area contributed by atoms with E-state index in [4.69, 9.17) is 12.2 Å². The zero-order chi connectivity index (χ0) is 16.4. The van der Waals surface area contributed by atoms with Gasteiger partial charge < -0.3 is 19.7 Å². The number of pyridine rings is 1. The topological polar surface area (TPSA) is 36.3 Å². The van der Waals surface area contributed by atoms with Gasteiger partial charge in [0.05, 0.1) is 17.8 Å². The summed E-state index contributed by atoms with van der Waals surface area (Å²) < 4.78 is 2.08. The molecule has 122 valence electrons. The number of aryl methyl sites for hydroxylation is 1. The molecule has 0 saturated carbocycles. The molecule has 1 fully saturated rings. The number of hydrogen-bond acceptors (Lipinski definition) is 3. The van der Waals surface area contributed by atoms with E-state index in [0.29, 0.717) is 0 Å². The smallest absolute Gasteiger partial charge is 0.170 e. The van der Waals surface area contributed by atoms with E-state index in [1.54, 1.807) is 0 Å². The van der Waals surface area contributed by atoms with Crippen LogP contribution in [0.4, 0.5) is 0 Å². The Balaban J connectivity index is 1.94. The van der Waals surface area contributed by atoms with Crippen LogP contribution in [0, 0.1) is 0 Å². The van der Waals surface area contributed by atoms with Crippen LogP contribution in [0.15, 0.2) is 42.9 Å². The molecule has 6 heteroatoms. The predicted octanol–water partition coefficient (Wildman–Crippen LogP) is 1.95. The van der Waals surface area contributed by atoms with E-state index in [9.17, 15) is 0 Å². The predicted molar refractivity (Wildman–Crippen MR) is 96.1 cm³/mol. The Bertz CT molecular complexity index is 667. The molecule has 2 aromatic rings. The molecule has 0 aromatic carbocycles. The van der Waals surface area contributed by atoms with Crippen LogP contribution in [0.2, 0.25) is 0 Å². The maximum absolute atomic E-state index is 5.62. The van der Waals surface area contributed by atoms with Crippen LogP contribution in [-0.4, -0.2) is 51.6 Å². The SMILES string of the molecule is CN(C)CCN1C(=S)N[C@H](c2ccccn2)[C@@H]1c1ccn(C)c1. The molecular weight excluding hydrogens is 306 g/mol. The second-order valence-electron chi connectivity index (χ2n) is 6.23. The van der Waals surface area contributed by atoms with Crippen molar-refractivity contribution in [2.45, 2.75) is 12.1 Å². The van der Waals surface area contributed by atoms with Gasteiger partial charge in [0, 0.05) is 38.7 Å². The second-order valence-corrected chi connectivity index (χ2v) is 6.62. The minimum atomic E-state index is 0.0771. The summed E-state index contributed by atoms with van der Waals surface area (Å²) in [5, 5.41) is 4.27. The minimum Gasteiger partial charge on any atom is -0.357 e. The van der Waals surface area contributed by atoms with Crippen molar-refractivity contribution in [2.24, 2.45) is 7.05 Å². The summed E-state index contributed by atoms with van der Waals surface area (Å²) in [6.07, 6.45) is 6.08. The van der Waals surface area contributed by atoms with Gasteiger partial charge in [-0.25, -0.2) is 0 Å². The molecule has 3 rings (SSSR count). The van der Waals surface area contributed by atoms with Crippen molar-refractivity contribution in [3.05, 3.63) is 54.1 Å². The molecule has 1 aliphatic rings. The fourth-order valence-corrected chi connectivity index (χ4v) is 3.35. The number of nitrogens with one attached hydrogen (secondary N) is 1. The summed E-state index contributed by atoms with van der Waals surface area (Å²) in [5.41, 5.74) is 2.28. The fraction of sp³-hybridized carbons (Fsp3) is 0.412. The average molecular weight is 329 g/mol. The van der Waals surface area contributed by atoms with Gasteiger partial charge >= 0.3 is 0 Å². The van der Waals surface area contributed by atoms with Crippen LogP contribution in [-0.2, 0) is 7.05 Å². The van der Waals surface area contributed by atoms with E-state index >= 15 is 0 Å². The third kappa shape index (κ3) is 3.38. The molecule has 0 radical (unpaired) electrons. The highest BCUT2D eigenvalue weighted by Crippen LogP contribution is 2.38. The quantitative estimate of drug-likeness (QED) is 0.849. The summed E-state index contributed by atoms with van der Waals surface area (Å²) in [5.74, 6) is 0. The second kappa shape index (κ2) is 6.68. The monoisotopic (exact) mass is 329 g/mol. The highest BCUT2D eigenvalue weighted by atomic mass is 32.1. The molecular formula is C17H23N5S. The van der Waals surface area contributed by atoms with Crippen molar-refractivity contribution in [3.8, 4) is 0 Å². The maximum atomic E-state index is 5.62. The number of hydrogen-bond donors (Lipinski definition) is 1. The van der Waals surface area contributed by atoms with Crippen molar-refractivity contribution in [3.63, 3.8) is 0 Å². The van der Waals surface area contributed by atoms with Crippen molar-refractivity contribution < 1.29 is 0 Å². The first-order chi connectivity index (χ1) is 11.1. The average Bonchev–Trinajstić information content (AvgIpc) is 3.09. The van der Waals surface area contributed by atoms with E-state index in [1.165, 1.54) is 5.56 Å². The van der Waals surface area contributed by atoms with Crippen LogP contribution in [0.1, 0.15) is 23.3 Å². The molecule has 1 saturated heterocycles. The van der Waals surface area contributed by atoms with Crippen molar-refractivity contribution in [1.82, 2.24) is 24.7 Å². The van der Waals surface area contributed by atoms with Crippen LogP contribution in [0.25, 0.3) is 0 Å². The Morgan fingerprint density at radius 2 is 2.13 bits per heavy atom. The zero-order valence-corrected chi connectivity index (χ0v) is 14.6. The summed E-state index contributed by atoms with van der Waals surface area (Å²) in [4.78, 5) is 9.00. The lowest BCUT2D eigenvalue weighted by atomic mass is 9.99. The van der Waals surface area contributed by atoms with Gasteiger partial charge in [-0.15, -0.1) is 0 Å². The highest BCUT2D eigenvalue weighted by Gasteiger charge is 2.39. The highest BCUT2D eigenvalue weighted by molar-refractivity contribution is 7.80. The van der Waals surface area contributed by atoms with Gasteiger partial charge in [-0.1, -0.05) is 6.07 Å². The zero-order valence-electron chi connectivity index (χ0n) is 13.8. The number of rotatable bonds is 5. The Morgan fingerprint density at radius 1 is 1.30 bits per heavy atom. The van der Waals surface area contributed by atoms with E-state index < -0.39 is 0 Å². The third-order valence-corrected chi connectivity index (χ3v) is 4.53. The van der Waals surface area contributed by atoms with Crippen molar-refractivity contribution in [2.75, 3.05) is 27.2 Å². The summed E-state index contributed by atoms with van der Waals surface area (Å²) in [7, 11) is 6.21. The van der Waals surface area contributed by atoms with Gasteiger partial charge in [0.15, 0.2) is 5.11 Å². The van der Waals surface area contributed by atoms with E-state index in [-0.39, 0.29) is 12.1 Å². The number of aromatic nitrogens is 2. The summed E-state index contributed by atoms with van der Waals surface area (Å²) >= 11 is 5.62. The molecule has 0 aliphatic carbocycles. The number of thiocarbonyl (C=S) groups is 1. The van der Waals surface area contributed by atoms with Gasteiger partial charge in [0.25, 0.3) is 0 Å². The van der Waals surface area contributed by atoms with Gasteiger partial charge in [0.1, 0.15) is 0 Å². The number of likely N-dealkylation sites (N-methyl/N-ethyl adjacent to an activating group) is 1. The van der Waals surface area contributed by atoms with E-state index in [0.717, 1.165) is 23.9 Å². The lowest BCUT2D eigenvalue weighted by Gasteiger charge is -2.28. The molecule has 5 nitrogen and oxygen atoms in total. The summed E-state index contributed by atoms with van der Waals surface area (Å²) in [6, 6.07) is 8.44. The Hall–Kier alpha value is -1.92. The Morgan fingerprint density at radius 3 is 2.74 bits per heavy atom. The molecule has 0 amide bonds. The molecule has 0 unspecified atom stereocenters. The third-order valence-electron chi connectivity index (χ3n) is 4.18. The van der Waals surface area contributed by atoms with Gasteiger partial charge in [-0.2, -0.15) is 0 Å². The minimum absolute atomic E-state index is 0.0771.